The van der Waals surface area contributed by atoms with Gasteiger partial charge in [-0.15, -0.1) is 0 Å². The van der Waals surface area contributed by atoms with Gasteiger partial charge in [0.05, 0.1) is 13.2 Å². The number of nitrogens with zero attached hydrogens (tertiary/aromatic N) is 2. The van der Waals surface area contributed by atoms with Crippen LogP contribution in [0.1, 0.15) is 36.3 Å². The zero-order valence-corrected chi connectivity index (χ0v) is 14.4. The van der Waals surface area contributed by atoms with Gasteiger partial charge in [0, 0.05) is 26.7 Å². The van der Waals surface area contributed by atoms with Crippen LogP contribution in [-0.2, 0) is 11.3 Å². The molecule has 1 atom stereocenters. The zero-order valence-electron chi connectivity index (χ0n) is 14.4. The fourth-order valence-corrected chi connectivity index (χ4v) is 4.17. The summed E-state index contributed by atoms with van der Waals surface area (Å²) >= 11 is 0. The van der Waals surface area contributed by atoms with Gasteiger partial charge < -0.3 is 14.1 Å². The molecule has 1 aromatic rings. The van der Waals surface area contributed by atoms with Crippen LogP contribution in [0.15, 0.2) is 10.5 Å². The monoisotopic (exact) mass is 306 g/mol. The number of likely N-dealkylation sites (tertiary alicyclic amines) is 2. The highest BCUT2D eigenvalue weighted by molar-refractivity contribution is 5.18. The first-order valence-corrected chi connectivity index (χ1v) is 8.60. The number of piperidine rings is 1. The predicted octanol–water partition coefficient (Wildman–Crippen LogP) is 2.83. The Morgan fingerprint density at radius 1 is 1.18 bits per heavy atom. The largest absolute Gasteiger partial charge is 0.465 e. The van der Waals surface area contributed by atoms with Gasteiger partial charge in [0.2, 0.25) is 0 Å². The summed E-state index contributed by atoms with van der Waals surface area (Å²) in [6.45, 7) is 12.0. The minimum absolute atomic E-state index is 0.503. The van der Waals surface area contributed by atoms with E-state index in [1.165, 1.54) is 51.0 Å². The van der Waals surface area contributed by atoms with Crippen molar-refractivity contribution in [3.8, 4) is 0 Å². The number of aryl methyl sites for hydroxylation is 2. The summed E-state index contributed by atoms with van der Waals surface area (Å²) < 4.78 is 11.1. The number of rotatable bonds is 5. The molecule has 0 aromatic carbocycles. The summed E-state index contributed by atoms with van der Waals surface area (Å²) in [6, 6.07) is 2.20. The molecule has 0 aliphatic carbocycles. The number of ether oxygens (including phenoxy) is 1. The van der Waals surface area contributed by atoms with Gasteiger partial charge in [-0.25, -0.2) is 0 Å². The Bertz CT molecular complexity index is 480. The molecule has 0 amide bonds. The van der Waals surface area contributed by atoms with E-state index >= 15 is 0 Å². The summed E-state index contributed by atoms with van der Waals surface area (Å²) in [4.78, 5) is 5.18. The van der Waals surface area contributed by atoms with Crippen molar-refractivity contribution in [2.24, 2.45) is 5.41 Å². The Kier molecular flexibility index (Phi) is 4.91. The van der Waals surface area contributed by atoms with Gasteiger partial charge in [0.1, 0.15) is 11.5 Å². The molecule has 1 unspecified atom stereocenters. The van der Waals surface area contributed by atoms with Crippen molar-refractivity contribution in [1.82, 2.24) is 9.80 Å². The third-order valence-electron chi connectivity index (χ3n) is 5.47. The van der Waals surface area contributed by atoms with Crippen LogP contribution in [0.5, 0.6) is 0 Å². The molecule has 0 N–H and O–H groups in total. The molecule has 0 saturated carbocycles. The van der Waals surface area contributed by atoms with Crippen LogP contribution in [0.3, 0.4) is 0 Å². The summed E-state index contributed by atoms with van der Waals surface area (Å²) in [5, 5.41) is 0. The molecule has 0 bridgehead atoms. The topological polar surface area (TPSA) is 28.9 Å². The Morgan fingerprint density at radius 2 is 2.00 bits per heavy atom. The van der Waals surface area contributed by atoms with Crippen molar-refractivity contribution < 1.29 is 9.15 Å². The lowest BCUT2D eigenvalue weighted by atomic mass is 9.79. The van der Waals surface area contributed by atoms with Gasteiger partial charge in [-0.05, 0) is 63.2 Å². The van der Waals surface area contributed by atoms with Crippen molar-refractivity contribution in [2.75, 3.05) is 46.4 Å². The molecule has 0 radical (unpaired) electrons. The summed E-state index contributed by atoms with van der Waals surface area (Å²) in [5.41, 5.74) is 1.77. The fourth-order valence-electron chi connectivity index (χ4n) is 4.17. The van der Waals surface area contributed by atoms with E-state index in [0.717, 1.165) is 31.2 Å². The fraction of sp³-hybridized carbons (Fsp3) is 0.778. The van der Waals surface area contributed by atoms with Crippen LogP contribution >= 0.6 is 0 Å². The van der Waals surface area contributed by atoms with Crippen molar-refractivity contribution >= 4 is 0 Å². The second-order valence-corrected chi connectivity index (χ2v) is 7.29. The maximum atomic E-state index is 5.86. The standard InChI is InChI=1S/C18H30N2O2/c1-15-11-17(22-16(15)2)12-20-8-6-18(14-20)5-4-7-19(13-18)9-10-21-3/h11H,4-10,12-14H2,1-3H3. The molecule has 4 nitrogen and oxygen atoms in total. The molecule has 3 heterocycles. The van der Waals surface area contributed by atoms with Gasteiger partial charge in [0.25, 0.3) is 0 Å². The number of furan rings is 1. The van der Waals surface area contributed by atoms with E-state index in [-0.39, 0.29) is 0 Å². The van der Waals surface area contributed by atoms with Gasteiger partial charge in [-0.3, -0.25) is 4.90 Å². The van der Waals surface area contributed by atoms with Crippen molar-refractivity contribution in [3.05, 3.63) is 23.2 Å². The van der Waals surface area contributed by atoms with Crippen molar-refractivity contribution in [2.45, 2.75) is 39.7 Å². The summed E-state index contributed by atoms with van der Waals surface area (Å²) in [5.74, 6) is 2.19. The molecular weight excluding hydrogens is 276 g/mol. The van der Waals surface area contributed by atoms with Crippen LogP contribution in [0.2, 0.25) is 0 Å². The first kappa shape index (κ1) is 16.0. The smallest absolute Gasteiger partial charge is 0.118 e. The Morgan fingerprint density at radius 3 is 2.73 bits per heavy atom. The third kappa shape index (κ3) is 3.55. The first-order valence-electron chi connectivity index (χ1n) is 8.60. The average Bonchev–Trinajstić information content (AvgIpc) is 3.01. The normalized spacial score (nSPS) is 27.0. The van der Waals surface area contributed by atoms with Crippen molar-refractivity contribution in [1.29, 1.82) is 0 Å². The van der Waals surface area contributed by atoms with E-state index in [0.29, 0.717) is 5.41 Å². The lowest BCUT2D eigenvalue weighted by Gasteiger charge is -2.40. The van der Waals surface area contributed by atoms with E-state index in [1.807, 2.05) is 0 Å². The van der Waals surface area contributed by atoms with Crippen LogP contribution in [-0.4, -0.2) is 56.2 Å². The molecule has 124 valence electrons. The summed E-state index contributed by atoms with van der Waals surface area (Å²) in [7, 11) is 1.80. The van der Waals surface area contributed by atoms with Gasteiger partial charge in [-0.2, -0.15) is 0 Å². The molecule has 1 aromatic heterocycles. The minimum atomic E-state index is 0.503. The molecule has 1 spiro atoms. The Labute approximate surface area is 134 Å². The van der Waals surface area contributed by atoms with Gasteiger partial charge in [0.15, 0.2) is 0 Å². The molecule has 2 saturated heterocycles. The Hall–Kier alpha value is -0.840. The second-order valence-electron chi connectivity index (χ2n) is 7.29. The van der Waals surface area contributed by atoms with Crippen LogP contribution in [0.4, 0.5) is 0 Å². The average molecular weight is 306 g/mol. The molecule has 2 aliphatic heterocycles. The van der Waals surface area contributed by atoms with E-state index in [1.54, 1.807) is 7.11 Å². The second kappa shape index (κ2) is 6.73. The lowest BCUT2D eigenvalue weighted by molar-refractivity contribution is 0.0668. The Balaban J connectivity index is 1.56. The SMILES string of the molecule is COCCN1CCCC2(CCN(Cc3cc(C)c(C)o3)C2)C1. The van der Waals surface area contributed by atoms with Gasteiger partial charge >= 0.3 is 0 Å². The number of hydrogen-bond donors (Lipinski definition) is 0. The quantitative estimate of drug-likeness (QED) is 0.836. The molecule has 2 aliphatic rings. The molecule has 3 rings (SSSR count). The zero-order chi connectivity index (χ0) is 15.6. The highest BCUT2D eigenvalue weighted by atomic mass is 16.5. The van der Waals surface area contributed by atoms with Gasteiger partial charge in [-0.1, -0.05) is 0 Å². The number of methoxy groups -OCH3 is 1. The lowest BCUT2D eigenvalue weighted by Crippen LogP contribution is -2.45. The number of hydrogen-bond acceptors (Lipinski definition) is 4. The molecule has 2 fully saturated rings. The minimum Gasteiger partial charge on any atom is -0.465 e. The molecular formula is C18H30N2O2. The van der Waals surface area contributed by atoms with Crippen molar-refractivity contribution in [3.63, 3.8) is 0 Å². The van der Waals surface area contributed by atoms with Crippen LogP contribution in [0, 0.1) is 19.3 Å². The highest BCUT2D eigenvalue weighted by Crippen LogP contribution is 2.39. The predicted molar refractivity (Wildman–Crippen MR) is 88.1 cm³/mol. The van der Waals surface area contributed by atoms with Crippen LogP contribution in [0.25, 0.3) is 0 Å². The van der Waals surface area contributed by atoms with E-state index in [2.05, 4.69) is 29.7 Å². The van der Waals surface area contributed by atoms with E-state index in [4.69, 9.17) is 9.15 Å². The third-order valence-corrected chi connectivity index (χ3v) is 5.47. The molecule has 4 heteroatoms. The van der Waals surface area contributed by atoms with Crippen LogP contribution < -0.4 is 0 Å². The molecule has 22 heavy (non-hydrogen) atoms. The maximum absolute atomic E-state index is 5.86. The van der Waals surface area contributed by atoms with E-state index in [9.17, 15) is 0 Å². The maximum Gasteiger partial charge on any atom is 0.118 e. The summed E-state index contributed by atoms with van der Waals surface area (Å²) in [6.07, 6.45) is 4.04. The highest BCUT2D eigenvalue weighted by Gasteiger charge is 2.41. The first-order chi connectivity index (χ1) is 10.6. The van der Waals surface area contributed by atoms with E-state index < -0.39 is 0 Å².